The molecule has 2 rings (SSSR count). The minimum Gasteiger partial charge on any atom is -0.456 e. The van der Waals surface area contributed by atoms with Crippen LogP contribution in [0, 0.1) is 0 Å². The first-order chi connectivity index (χ1) is 13.7. The number of carbonyl (C=O) groups is 3. The number of halogens is 4. The average molecular weight is 478 g/mol. The molecule has 0 unspecified atom stereocenters. The summed E-state index contributed by atoms with van der Waals surface area (Å²) in [4.78, 5) is 35.4. The van der Waals surface area contributed by atoms with E-state index in [9.17, 15) is 14.4 Å². The molecule has 0 aliphatic rings. The molecule has 2 aromatic carbocycles. The Balaban J connectivity index is 1.66. The van der Waals surface area contributed by atoms with E-state index in [0.717, 1.165) is 0 Å². The van der Waals surface area contributed by atoms with E-state index < -0.39 is 18.5 Å². The molecule has 10 heteroatoms. The van der Waals surface area contributed by atoms with Gasteiger partial charge in [-0.15, -0.1) is 0 Å². The van der Waals surface area contributed by atoms with E-state index in [4.69, 9.17) is 51.1 Å². The number of hydrogen-bond donors (Lipinski definition) is 2. The summed E-state index contributed by atoms with van der Waals surface area (Å²) in [6.45, 7) is -0.465. The molecule has 0 aliphatic carbocycles. The first kappa shape index (κ1) is 23.3. The van der Waals surface area contributed by atoms with Gasteiger partial charge in [-0.05, 0) is 42.8 Å². The van der Waals surface area contributed by atoms with Crippen LogP contribution in [-0.2, 0) is 19.1 Å². The van der Waals surface area contributed by atoms with Gasteiger partial charge in [0.1, 0.15) is 0 Å². The maximum Gasteiger partial charge on any atom is 0.306 e. The van der Waals surface area contributed by atoms with Crippen molar-refractivity contribution < 1.29 is 19.1 Å². The zero-order valence-corrected chi connectivity index (χ0v) is 18.0. The van der Waals surface area contributed by atoms with Crippen molar-refractivity contribution in [2.45, 2.75) is 19.3 Å². The van der Waals surface area contributed by atoms with Crippen molar-refractivity contribution in [3.63, 3.8) is 0 Å². The molecule has 0 spiro atoms. The number of rotatable bonds is 8. The van der Waals surface area contributed by atoms with Crippen LogP contribution in [0.15, 0.2) is 36.4 Å². The number of carbonyl (C=O) groups excluding carboxylic acids is 3. The van der Waals surface area contributed by atoms with Crippen molar-refractivity contribution in [2.75, 3.05) is 17.2 Å². The minimum absolute atomic E-state index is 0.0101. The molecule has 0 radical (unpaired) electrons. The monoisotopic (exact) mass is 476 g/mol. The second-order valence-electron chi connectivity index (χ2n) is 5.86. The second-order valence-corrected chi connectivity index (χ2v) is 7.52. The number of anilines is 2. The van der Waals surface area contributed by atoms with Crippen molar-refractivity contribution in [3.05, 3.63) is 56.5 Å². The molecule has 0 heterocycles. The fraction of sp³-hybridized carbons (Fsp3) is 0.211. The highest BCUT2D eigenvalue weighted by Gasteiger charge is 2.11. The normalized spacial score (nSPS) is 10.3. The third-order valence-corrected chi connectivity index (χ3v) is 4.84. The lowest BCUT2D eigenvalue weighted by atomic mass is 10.2. The lowest BCUT2D eigenvalue weighted by Gasteiger charge is -2.08. The number of benzene rings is 2. The van der Waals surface area contributed by atoms with Gasteiger partial charge in [0.2, 0.25) is 5.91 Å². The van der Waals surface area contributed by atoms with Gasteiger partial charge in [0.15, 0.2) is 6.61 Å². The lowest BCUT2D eigenvalue weighted by Crippen LogP contribution is -2.21. The van der Waals surface area contributed by atoms with Crippen LogP contribution >= 0.6 is 46.4 Å². The molecule has 0 saturated carbocycles. The van der Waals surface area contributed by atoms with Crippen molar-refractivity contribution in [1.82, 2.24) is 0 Å². The highest BCUT2D eigenvalue weighted by atomic mass is 35.5. The van der Waals surface area contributed by atoms with Crippen LogP contribution in [-0.4, -0.2) is 24.4 Å². The van der Waals surface area contributed by atoms with E-state index in [-0.39, 0.29) is 30.2 Å². The maximum atomic E-state index is 11.9. The number of nitrogens with one attached hydrogen (secondary N) is 2. The Morgan fingerprint density at radius 3 is 2.24 bits per heavy atom. The average Bonchev–Trinajstić information content (AvgIpc) is 2.65. The van der Waals surface area contributed by atoms with Gasteiger partial charge in [-0.25, -0.2) is 0 Å². The molecule has 0 fully saturated rings. The van der Waals surface area contributed by atoms with E-state index in [1.54, 1.807) is 18.2 Å². The number of esters is 1. The van der Waals surface area contributed by atoms with Gasteiger partial charge < -0.3 is 15.4 Å². The third-order valence-electron chi connectivity index (χ3n) is 3.56. The SMILES string of the molecule is O=C(CCCC(=O)OCC(=O)Nc1ccc(Cl)cc1Cl)Nc1ccc(Cl)c(Cl)c1. The third kappa shape index (κ3) is 8.11. The Morgan fingerprint density at radius 2 is 1.55 bits per heavy atom. The summed E-state index contributed by atoms with van der Waals surface area (Å²) < 4.78 is 4.88. The molecule has 0 saturated heterocycles. The molecule has 0 aromatic heterocycles. The standard InChI is InChI=1S/C19H16Cl4N2O4/c20-11-4-7-16(15(23)8-11)25-18(27)10-29-19(28)3-1-2-17(26)24-12-5-6-13(21)14(22)9-12/h4-9H,1-3,10H2,(H,24,26)(H,25,27). The van der Waals surface area contributed by atoms with Crippen LogP contribution in [0.25, 0.3) is 0 Å². The predicted octanol–water partition coefficient (Wildman–Crippen LogP) is 5.59. The highest BCUT2D eigenvalue weighted by Crippen LogP contribution is 2.26. The summed E-state index contributed by atoms with van der Waals surface area (Å²) >= 11 is 23.4. The number of amides is 2. The van der Waals surface area contributed by atoms with Crippen molar-refractivity contribution in [3.8, 4) is 0 Å². The molecule has 0 aliphatic heterocycles. The number of ether oxygens (including phenoxy) is 1. The maximum absolute atomic E-state index is 11.9. The summed E-state index contributed by atoms with van der Waals surface area (Å²) in [6, 6.07) is 9.30. The van der Waals surface area contributed by atoms with Gasteiger partial charge in [-0.2, -0.15) is 0 Å². The van der Waals surface area contributed by atoms with E-state index in [0.29, 0.717) is 26.4 Å². The van der Waals surface area contributed by atoms with Gasteiger partial charge in [0.25, 0.3) is 5.91 Å². The number of hydrogen-bond acceptors (Lipinski definition) is 4. The first-order valence-corrected chi connectivity index (χ1v) is 9.91. The molecule has 2 amide bonds. The van der Waals surface area contributed by atoms with Crippen LogP contribution < -0.4 is 10.6 Å². The Morgan fingerprint density at radius 1 is 0.793 bits per heavy atom. The minimum atomic E-state index is -0.593. The Hall–Kier alpha value is -1.99. The summed E-state index contributed by atoms with van der Waals surface area (Å²) in [5.41, 5.74) is 0.862. The molecule has 0 atom stereocenters. The second kappa shape index (κ2) is 11.3. The van der Waals surface area contributed by atoms with Gasteiger partial charge in [0.05, 0.1) is 20.8 Å². The predicted molar refractivity (Wildman–Crippen MR) is 115 cm³/mol. The van der Waals surface area contributed by atoms with Crippen LogP contribution in [0.4, 0.5) is 11.4 Å². The zero-order valence-electron chi connectivity index (χ0n) is 14.9. The first-order valence-electron chi connectivity index (χ1n) is 8.40. The molecule has 2 aromatic rings. The van der Waals surface area contributed by atoms with Gasteiger partial charge in [0, 0.05) is 23.6 Å². The van der Waals surface area contributed by atoms with E-state index >= 15 is 0 Å². The van der Waals surface area contributed by atoms with Crippen molar-refractivity contribution in [1.29, 1.82) is 0 Å². The lowest BCUT2D eigenvalue weighted by molar-refractivity contribution is -0.147. The molecule has 0 bridgehead atoms. The van der Waals surface area contributed by atoms with Crippen molar-refractivity contribution >= 4 is 75.6 Å². The summed E-state index contributed by atoms with van der Waals surface area (Å²) in [5, 5.41) is 6.57. The molecule has 29 heavy (non-hydrogen) atoms. The Bertz CT molecular complexity index is 921. The molecule has 2 N–H and O–H groups in total. The fourth-order valence-corrected chi connectivity index (χ4v) is 2.94. The Kier molecular flexibility index (Phi) is 9.04. The highest BCUT2D eigenvalue weighted by molar-refractivity contribution is 6.42. The van der Waals surface area contributed by atoms with Gasteiger partial charge in [-0.3, -0.25) is 14.4 Å². The summed E-state index contributed by atoms with van der Waals surface area (Å²) in [5.74, 6) is -1.42. The Labute approximate surface area is 187 Å². The molecular weight excluding hydrogens is 462 g/mol. The summed E-state index contributed by atoms with van der Waals surface area (Å²) in [6.07, 6.45) is 0.350. The van der Waals surface area contributed by atoms with E-state index in [1.807, 2.05) is 0 Å². The van der Waals surface area contributed by atoms with Gasteiger partial charge in [-0.1, -0.05) is 46.4 Å². The molecule has 6 nitrogen and oxygen atoms in total. The largest absolute Gasteiger partial charge is 0.456 e. The van der Waals surface area contributed by atoms with Crippen LogP contribution in [0.2, 0.25) is 20.1 Å². The molecule has 154 valence electrons. The topological polar surface area (TPSA) is 84.5 Å². The van der Waals surface area contributed by atoms with Crippen LogP contribution in [0.5, 0.6) is 0 Å². The fourth-order valence-electron chi connectivity index (χ4n) is 2.19. The zero-order chi connectivity index (χ0) is 21.4. The van der Waals surface area contributed by atoms with E-state index in [2.05, 4.69) is 10.6 Å². The van der Waals surface area contributed by atoms with Crippen molar-refractivity contribution in [2.24, 2.45) is 0 Å². The van der Waals surface area contributed by atoms with E-state index in [1.165, 1.54) is 18.2 Å². The summed E-state index contributed by atoms with van der Waals surface area (Å²) in [7, 11) is 0. The van der Waals surface area contributed by atoms with Gasteiger partial charge >= 0.3 is 5.97 Å². The van der Waals surface area contributed by atoms with Crippen LogP contribution in [0.1, 0.15) is 19.3 Å². The molecular formula is C19H16Cl4N2O4. The van der Waals surface area contributed by atoms with Crippen LogP contribution in [0.3, 0.4) is 0 Å². The quantitative estimate of drug-likeness (QED) is 0.485. The smallest absolute Gasteiger partial charge is 0.306 e.